The third-order valence-electron chi connectivity index (χ3n) is 3.20. The number of ketones is 1. The van der Waals surface area contributed by atoms with Crippen LogP contribution in [0.5, 0.6) is 0 Å². The Hall–Kier alpha value is -1.71. The van der Waals surface area contributed by atoms with Gasteiger partial charge in [0.2, 0.25) is 10.0 Å². The Morgan fingerprint density at radius 2 is 2.18 bits per heavy atom. The molecule has 7 nitrogen and oxygen atoms in total. The summed E-state index contributed by atoms with van der Waals surface area (Å²) in [7, 11) is -3.79. The van der Waals surface area contributed by atoms with Gasteiger partial charge in [0, 0.05) is 18.3 Å². The van der Waals surface area contributed by atoms with Gasteiger partial charge < -0.3 is 4.90 Å². The van der Waals surface area contributed by atoms with Gasteiger partial charge in [-0.15, -0.1) is 11.3 Å². The highest BCUT2D eigenvalue weighted by Crippen LogP contribution is 2.18. The van der Waals surface area contributed by atoms with Crippen LogP contribution in [0.4, 0.5) is 0 Å². The van der Waals surface area contributed by atoms with E-state index < -0.39 is 15.9 Å². The van der Waals surface area contributed by atoms with E-state index in [9.17, 15) is 18.0 Å². The number of nitrogens with two attached hydrogens (primary N) is 1. The van der Waals surface area contributed by atoms with Gasteiger partial charge in [-0.1, -0.05) is 6.07 Å². The number of nitrogens with zero attached hydrogens (tertiary/aromatic N) is 2. The highest BCUT2D eigenvalue weighted by atomic mass is 32.2. The fraction of sp³-hybridized carbons (Fsp3) is 0.385. The maximum atomic E-state index is 12.1. The minimum absolute atomic E-state index is 0.0346. The van der Waals surface area contributed by atoms with Crippen LogP contribution in [0.1, 0.15) is 22.5 Å². The van der Waals surface area contributed by atoms with Gasteiger partial charge in [0.1, 0.15) is 0 Å². The third-order valence-corrected chi connectivity index (χ3v) is 5.00. The zero-order chi connectivity index (χ0) is 16.3. The van der Waals surface area contributed by atoms with E-state index in [1.807, 2.05) is 5.38 Å². The summed E-state index contributed by atoms with van der Waals surface area (Å²) in [6.45, 7) is 0.790. The molecule has 22 heavy (non-hydrogen) atoms. The molecule has 0 fully saturated rings. The molecule has 2 heterocycles. The Kier molecular flexibility index (Phi) is 4.99. The van der Waals surface area contributed by atoms with Crippen molar-refractivity contribution in [2.45, 2.75) is 12.8 Å². The maximum Gasteiger partial charge on any atom is 0.279 e. The molecule has 0 radical (unpaired) electrons. The summed E-state index contributed by atoms with van der Waals surface area (Å²) < 4.78 is 22.9. The SMILES string of the molecule is CS(=O)(=O)N(N)C(=O)C1=CN(CC(=O)c2cccs2)CCC1. The smallest absolute Gasteiger partial charge is 0.279 e. The molecule has 1 aliphatic heterocycles. The summed E-state index contributed by atoms with van der Waals surface area (Å²) in [4.78, 5) is 26.5. The van der Waals surface area contributed by atoms with Crippen molar-refractivity contribution in [1.29, 1.82) is 0 Å². The van der Waals surface area contributed by atoms with Crippen molar-refractivity contribution in [3.05, 3.63) is 34.2 Å². The quantitative estimate of drug-likeness (QED) is 0.363. The molecule has 0 aliphatic carbocycles. The lowest BCUT2D eigenvalue weighted by Crippen LogP contribution is -2.43. The third kappa shape index (κ3) is 3.93. The number of hydrogen-bond donors (Lipinski definition) is 1. The largest absolute Gasteiger partial charge is 0.369 e. The first kappa shape index (κ1) is 16.7. The molecule has 0 aromatic carbocycles. The Bertz CT molecular complexity index is 695. The zero-order valence-electron chi connectivity index (χ0n) is 12.1. The van der Waals surface area contributed by atoms with Gasteiger partial charge in [0.05, 0.1) is 17.7 Å². The summed E-state index contributed by atoms with van der Waals surface area (Å²) in [5, 5.41) is 1.83. The Labute approximate surface area is 133 Å². The van der Waals surface area contributed by atoms with Crippen molar-refractivity contribution in [1.82, 2.24) is 9.31 Å². The normalized spacial score (nSPS) is 15.4. The summed E-state index contributed by atoms with van der Waals surface area (Å²) >= 11 is 1.36. The van der Waals surface area contributed by atoms with Crippen LogP contribution in [0.25, 0.3) is 0 Å². The molecule has 1 amide bonds. The monoisotopic (exact) mass is 343 g/mol. The van der Waals surface area contributed by atoms with Gasteiger partial charge in [0.25, 0.3) is 5.91 Å². The van der Waals surface area contributed by atoms with Crippen molar-refractivity contribution in [2.75, 3.05) is 19.3 Å². The highest BCUT2D eigenvalue weighted by molar-refractivity contribution is 7.88. The van der Waals surface area contributed by atoms with Crippen molar-refractivity contribution >= 4 is 33.1 Å². The number of rotatable bonds is 5. The van der Waals surface area contributed by atoms with E-state index in [1.165, 1.54) is 17.5 Å². The van der Waals surface area contributed by atoms with Crippen molar-refractivity contribution < 1.29 is 18.0 Å². The number of amides is 1. The predicted octanol–water partition coefficient (Wildman–Crippen LogP) is 0.572. The van der Waals surface area contributed by atoms with Crippen LogP contribution in [0.2, 0.25) is 0 Å². The molecule has 0 unspecified atom stereocenters. The molecule has 0 bridgehead atoms. The second kappa shape index (κ2) is 6.59. The highest BCUT2D eigenvalue weighted by Gasteiger charge is 2.26. The topological polar surface area (TPSA) is 101 Å². The standard InChI is InChI=1S/C13H17N3O4S2/c1-22(19,20)16(14)13(18)10-4-2-6-15(8-10)9-11(17)12-5-3-7-21-12/h3,5,7-8H,2,4,6,9,14H2,1H3. The van der Waals surface area contributed by atoms with Crippen LogP contribution < -0.4 is 5.84 Å². The molecule has 0 spiro atoms. The zero-order valence-corrected chi connectivity index (χ0v) is 13.7. The van der Waals surface area contributed by atoms with Crippen molar-refractivity contribution in [3.8, 4) is 0 Å². The predicted molar refractivity (Wildman–Crippen MR) is 83.4 cm³/mol. The van der Waals surface area contributed by atoms with Crippen LogP contribution in [0, 0.1) is 0 Å². The van der Waals surface area contributed by atoms with E-state index in [0.717, 1.165) is 6.26 Å². The first-order chi connectivity index (χ1) is 10.3. The number of sulfonamides is 1. The maximum absolute atomic E-state index is 12.1. The number of carbonyl (C=O) groups is 2. The van der Waals surface area contributed by atoms with Crippen LogP contribution in [0.3, 0.4) is 0 Å². The van der Waals surface area contributed by atoms with Gasteiger partial charge in [-0.05, 0) is 24.3 Å². The lowest BCUT2D eigenvalue weighted by molar-refractivity contribution is -0.123. The fourth-order valence-corrected chi connectivity index (χ4v) is 3.18. The van der Waals surface area contributed by atoms with Gasteiger partial charge in [-0.3, -0.25) is 9.59 Å². The average Bonchev–Trinajstić information content (AvgIpc) is 2.99. The molecule has 120 valence electrons. The minimum Gasteiger partial charge on any atom is -0.369 e. The fourth-order valence-electron chi connectivity index (χ4n) is 2.10. The first-order valence-corrected chi connectivity index (χ1v) is 9.32. The first-order valence-electron chi connectivity index (χ1n) is 6.60. The second-order valence-electron chi connectivity index (χ2n) is 4.99. The Morgan fingerprint density at radius 3 is 2.77 bits per heavy atom. The molecule has 2 N–H and O–H groups in total. The Morgan fingerprint density at radius 1 is 1.45 bits per heavy atom. The van der Waals surface area contributed by atoms with E-state index in [-0.39, 0.29) is 22.3 Å². The summed E-state index contributed by atoms with van der Waals surface area (Å²) in [5.41, 5.74) is 0.290. The van der Waals surface area contributed by atoms with E-state index in [1.54, 1.807) is 17.0 Å². The summed E-state index contributed by atoms with van der Waals surface area (Å²) in [5.74, 6) is 4.53. The van der Waals surface area contributed by atoms with Gasteiger partial charge in [-0.25, -0.2) is 14.3 Å². The molecule has 1 aromatic heterocycles. The molecule has 9 heteroatoms. The van der Waals surface area contributed by atoms with Crippen LogP contribution in [-0.2, 0) is 14.8 Å². The minimum atomic E-state index is -3.79. The average molecular weight is 343 g/mol. The van der Waals surface area contributed by atoms with Crippen molar-refractivity contribution in [3.63, 3.8) is 0 Å². The molecule has 1 aliphatic rings. The summed E-state index contributed by atoms with van der Waals surface area (Å²) in [6.07, 6.45) is 3.49. The van der Waals surface area contributed by atoms with Crippen LogP contribution in [0.15, 0.2) is 29.3 Å². The van der Waals surface area contributed by atoms with Gasteiger partial charge in [0.15, 0.2) is 5.78 Å². The van der Waals surface area contributed by atoms with E-state index in [4.69, 9.17) is 5.84 Å². The number of hydrogen-bond acceptors (Lipinski definition) is 7. The number of Topliss-reactive ketones (excluding diaryl/α,β-unsaturated/α-hetero) is 1. The number of thiophene rings is 1. The molecular formula is C13H17N3O4S2. The van der Waals surface area contributed by atoms with Gasteiger partial charge in [-0.2, -0.15) is 4.41 Å². The number of carbonyl (C=O) groups excluding carboxylic acids is 2. The Balaban J connectivity index is 2.09. The van der Waals surface area contributed by atoms with Gasteiger partial charge >= 0.3 is 0 Å². The summed E-state index contributed by atoms with van der Waals surface area (Å²) in [6, 6.07) is 3.55. The molecule has 0 atom stereocenters. The van der Waals surface area contributed by atoms with E-state index in [2.05, 4.69) is 0 Å². The lowest BCUT2D eigenvalue weighted by Gasteiger charge is -2.26. The molecular weight excluding hydrogens is 326 g/mol. The molecule has 0 saturated carbocycles. The molecule has 0 saturated heterocycles. The van der Waals surface area contributed by atoms with E-state index in [0.29, 0.717) is 24.3 Å². The lowest BCUT2D eigenvalue weighted by atomic mass is 10.1. The van der Waals surface area contributed by atoms with Crippen LogP contribution >= 0.6 is 11.3 Å². The number of hydrazine groups is 1. The van der Waals surface area contributed by atoms with Crippen LogP contribution in [-0.4, -0.2) is 48.8 Å². The molecule has 1 aromatic rings. The van der Waals surface area contributed by atoms with Crippen molar-refractivity contribution in [2.24, 2.45) is 5.84 Å². The molecule has 2 rings (SSSR count). The second-order valence-corrected chi connectivity index (χ2v) is 7.80. The van der Waals surface area contributed by atoms with E-state index >= 15 is 0 Å².